The number of nitrogens with one attached hydrogen (secondary N) is 2. The quantitative estimate of drug-likeness (QED) is 0.646. The van der Waals surface area contributed by atoms with Gasteiger partial charge in [0.25, 0.3) is 5.91 Å². The third kappa shape index (κ3) is 5.23. The molecule has 0 bridgehead atoms. The first-order chi connectivity index (χ1) is 14.2. The Morgan fingerprint density at radius 2 is 1.97 bits per heavy atom. The van der Waals surface area contributed by atoms with Crippen LogP contribution in [-0.2, 0) is 6.54 Å². The van der Waals surface area contributed by atoms with Crippen LogP contribution in [0.25, 0.3) is 11.3 Å². The largest absolute Gasteiger partial charge is 0.328 e. The molecule has 0 radical (unpaired) electrons. The van der Waals surface area contributed by atoms with Gasteiger partial charge in [0.15, 0.2) is 0 Å². The van der Waals surface area contributed by atoms with E-state index in [4.69, 9.17) is 0 Å². The van der Waals surface area contributed by atoms with Crippen LogP contribution in [0, 0.1) is 5.82 Å². The van der Waals surface area contributed by atoms with E-state index in [1.165, 1.54) is 12.1 Å². The van der Waals surface area contributed by atoms with Crippen LogP contribution < -0.4 is 5.32 Å². The molecule has 8 heteroatoms. The van der Waals surface area contributed by atoms with Gasteiger partial charge in [0.05, 0.1) is 17.9 Å². The van der Waals surface area contributed by atoms with Crippen molar-refractivity contribution < 1.29 is 9.18 Å². The smallest absolute Gasteiger partial charge is 0.272 e. The van der Waals surface area contributed by atoms with Gasteiger partial charge in [-0.15, -0.1) is 12.4 Å². The lowest BCUT2D eigenvalue weighted by atomic mass is 10.1. The second-order valence-electron chi connectivity index (χ2n) is 7.26. The Labute approximate surface area is 181 Å². The molecular formula is C22H25ClFN5O. The summed E-state index contributed by atoms with van der Waals surface area (Å²) in [5.41, 5.74) is 2.67. The Hall–Kier alpha value is -2.77. The number of nitrogens with zero attached hydrogens (tertiary/aromatic N) is 3. The molecular weight excluding hydrogens is 405 g/mol. The molecule has 1 atom stereocenters. The lowest BCUT2D eigenvalue weighted by Crippen LogP contribution is -2.40. The maximum Gasteiger partial charge on any atom is 0.272 e. The van der Waals surface area contributed by atoms with E-state index < -0.39 is 0 Å². The minimum absolute atomic E-state index is 0. The topological polar surface area (TPSA) is 73.9 Å². The van der Waals surface area contributed by atoms with Crippen LogP contribution in [0.2, 0.25) is 0 Å². The molecule has 1 unspecified atom stereocenters. The van der Waals surface area contributed by atoms with Crippen molar-refractivity contribution in [2.24, 2.45) is 0 Å². The number of aromatic amines is 1. The van der Waals surface area contributed by atoms with Crippen LogP contribution in [0.4, 0.5) is 4.39 Å². The van der Waals surface area contributed by atoms with E-state index in [2.05, 4.69) is 20.5 Å². The average molecular weight is 430 g/mol. The number of carbonyl (C=O) groups excluding carboxylic acids is 1. The van der Waals surface area contributed by atoms with Gasteiger partial charge in [-0.25, -0.2) is 4.39 Å². The van der Waals surface area contributed by atoms with Gasteiger partial charge in [-0.3, -0.25) is 14.9 Å². The number of hydrogen-bond donors (Lipinski definition) is 2. The average Bonchev–Trinajstić information content (AvgIpc) is 3.09. The number of pyridine rings is 1. The van der Waals surface area contributed by atoms with E-state index in [1.807, 2.05) is 23.1 Å². The zero-order chi connectivity index (χ0) is 20.1. The highest BCUT2D eigenvalue weighted by Crippen LogP contribution is 2.22. The molecule has 158 valence electrons. The van der Waals surface area contributed by atoms with E-state index in [1.54, 1.807) is 24.4 Å². The monoisotopic (exact) mass is 429 g/mol. The summed E-state index contributed by atoms with van der Waals surface area (Å²) in [5, 5.41) is 10.5. The SMILES string of the molecule is Cl.O=C(c1cc(-c2ccc(F)cc2)n[nH]1)N(Cc1ccccn1)C1CCCNCC1. The van der Waals surface area contributed by atoms with Gasteiger partial charge in [0.1, 0.15) is 11.5 Å². The third-order valence-corrected chi connectivity index (χ3v) is 5.25. The summed E-state index contributed by atoms with van der Waals surface area (Å²) in [6.45, 7) is 2.32. The van der Waals surface area contributed by atoms with Crippen molar-refractivity contribution in [2.45, 2.75) is 31.8 Å². The maximum absolute atomic E-state index is 13.4. The highest BCUT2D eigenvalue weighted by atomic mass is 35.5. The Morgan fingerprint density at radius 1 is 1.13 bits per heavy atom. The predicted molar refractivity (Wildman–Crippen MR) is 116 cm³/mol. The normalized spacial score (nSPS) is 16.4. The molecule has 2 aromatic heterocycles. The van der Waals surface area contributed by atoms with E-state index >= 15 is 0 Å². The van der Waals surface area contributed by atoms with Gasteiger partial charge in [-0.05, 0) is 74.8 Å². The molecule has 2 N–H and O–H groups in total. The fourth-order valence-corrected chi connectivity index (χ4v) is 3.70. The number of halogens is 2. The van der Waals surface area contributed by atoms with Crippen molar-refractivity contribution in [3.63, 3.8) is 0 Å². The number of benzene rings is 1. The number of amides is 1. The van der Waals surface area contributed by atoms with Crippen LogP contribution in [0.3, 0.4) is 0 Å². The zero-order valence-corrected chi connectivity index (χ0v) is 17.4. The standard InChI is InChI=1S/C22H24FN5O.ClH/c23-17-8-6-16(7-9-17)20-14-21(27-26-20)22(29)28(15-18-4-1-2-12-25-18)19-5-3-11-24-13-10-19;/h1-2,4,6-9,12,14,19,24H,3,5,10-11,13,15H2,(H,26,27);1H. The molecule has 0 aliphatic carbocycles. The van der Waals surface area contributed by atoms with Gasteiger partial charge in [0, 0.05) is 17.8 Å². The molecule has 0 saturated carbocycles. The Morgan fingerprint density at radius 3 is 2.73 bits per heavy atom. The van der Waals surface area contributed by atoms with Crippen LogP contribution in [0.5, 0.6) is 0 Å². The third-order valence-electron chi connectivity index (χ3n) is 5.25. The van der Waals surface area contributed by atoms with Crippen molar-refractivity contribution >= 4 is 18.3 Å². The molecule has 1 aliphatic heterocycles. The zero-order valence-electron chi connectivity index (χ0n) is 16.6. The summed E-state index contributed by atoms with van der Waals surface area (Å²) < 4.78 is 13.2. The molecule has 3 aromatic rings. The lowest BCUT2D eigenvalue weighted by Gasteiger charge is -2.30. The molecule has 1 aromatic carbocycles. The van der Waals surface area contributed by atoms with Crippen LogP contribution in [0.15, 0.2) is 54.7 Å². The van der Waals surface area contributed by atoms with Gasteiger partial charge in [-0.1, -0.05) is 6.07 Å². The minimum Gasteiger partial charge on any atom is -0.328 e. The minimum atomic E-state index is -0.302. The lowest BCUT2D eigenvalue weighted by molar-refractivity contribution is 0.0636. The molecule has 1 fully saturated rings. The molecule has 1 aliphatic rings. The second kappa shape index (κ2) is 10.3. The highest BCUT2D eigenvalue weighted by Gasteiger charge is 2.27. The van der Waals surface area contributed by atoms with E-state index in [9.17, 15) is 9.18 Å². The van der Waals surface area contributed by atoms with Crippen molar-refractivity contribution in [3.05, 3.63) is 71.9 Å². The van der Waals surface area contributed by atoms with Crippen molar-refractivity contribution in [1.29, 1.82) is 0 Å². The summed E-state index contributed by atoms with van der Waals surface area (Å²) in [6, 6.07) is 13.7. The van der Waals surface area contributed by atoms with E-state index in [-0.39, 0.29) is 30.2 Å². The van der Waals surface area contributed by atoms with Crippen molar-refractivity contribution in [2.75, 3.05) is 13.1 Å². The highest BCUT2D eigenvalue weighted by molar-refractivity contribution is 5.93. The molecule has 1 amide bonds. The van der Waals surface area contributed by atoms with Crippen LogP contribution in [-0.4, -0.2) is 45.1 Å². The summed E-state index contributed by atoms with van der Waals surface area (Å²) in [4.78, 5) is 19.7. The van der Waals surface area contributed by atoms with Crippen LogP contribution >= 0.6 is 12.4 Å². The van der Waals surface area contributed by atoms with E-state index in [0.717, 1.165) is 43.6 Å². The number of carbonyl (C=O) groups is 1. The van der Waals surface area contributed by atoms with E-state index in [0.29, 0.717) is 17.9 Å². The Balaban J connectivity index is 0.00000256. The summed E-state index contributed by atoms with van der Waals surface area (Å²) in [7, 11) is 0. The maximum atomic E-state index is 13.4. The Bertz CT molecular complexity index is 940. The first-order valence-electron chi connectivity index (χ1n) is 9.93. The molecule has 4 rings (SSSR count). The van der Waals surface area contributed by atoms with Gasteiger partial charge in [-0.2, -0.15) is 5.10 Å². The molecule has 30 heavy (non-hydrogen) atoms. The fraction of sp³-hybridized carbons (Fsp3) is 0.318. The molecule has 6 nitrogen and oxygen atoms in total. The van der Waals surface area contributed by atoms with Gasteiger partial charge >= 0.3 is 0 Å². The molecule has 3 heterocycles. The fourth-order valence-electron chi connectivity index (χ4n) is 3.70. The first kappa shape index (κ1) is 21.9. The first-order valence-corrected chi connectivity index (χ1v) is 9.93. The molecule has 1 saturated heterocycles. The molecule has 0 spiro atoms. The summed E-state index contributed by atoms with van der Waals surface area (Å²) >= 11 is 0. The van der Waals surface area contributed by atoms with Crippen LogP contribution in [0.1, 0.15) is 35.4 Å². The number of hydrogen-bond acceptors (Lipinski definition) is 4. The summed E-state index contributed by atoms with van der Waals surface area (Å²) in [6.07, 6.45) is 4.62. The number of rotatable bonds is 5. The number of H-pyrrole nitrogens is 1. The van der Waals surface area contributed by atoms with Crippen molar-refractivity contribution in [1.82, 2.24) is 25.4 Å². The van der Waals surface area contributed by atoms with Crippen molar-refractivity contribution in [3.8, 4) is 11.3 Å². The summed E-state index contributed by atoms with van der Waals surface area (Å²) in [5.74, 6) is -0.396. The predicted octanol–water partition coefficient (Wildman–Crippen LogP) is 3.82. The number of aromatic nitrogens is 3. The second-order valence-corrected chi connectivity index (χ2v) is 7.26. The van der Waals surface area contributed by atoms with Gasteiger partial charge in [0.2, 0.25) is 0 Å². The van der Waals surface area contributed by atoms with Gasteiger partial charge < -0.3 is 10.2 Å². The Kier molecular flexibility index (Phi) is 7.54.